The quantitative estimate of drug-likeness (QED) is 0.867. The van der Waals surface area contributed by atoms with Crippen molar-refractivity contribution in [3.63, 3.8) is 0 Å². The molecule has 0 unspecified atom stereocenters. The first-order chi connectivity index (χ1) is 8.29. The van der Waals surface area contributed by atoms with Gasteiger partial charge in [-0.05, 0) is 26.0 Å². The molecule has 0 radical (unpaired) electrons. The largest absolute Gasteiger partial charge is 0.394 e. The average molecular weight is 251 g/mol. The van der Waals surface area contributed by atoms with Crippen LogP contribution in [-0.4, -0.2) is 54.2 Å². The van der Waals surface area contributed by atoms with Gasteiger partial charge in [0.1, 0.15) is 5.69 Å². The van der Waals surface area contributed by atoms with E-state index < -0.39 is 0 Å². The summed E-state index contributed by atoms with van der Waals surface area (Å²) in [5.41, 5.74) is 0.868. The predicted molar refractivity (Wildman–Crippen MR) is 71.8 cm³/mol. The Labute approximate surface area is 108 Å². The number of carbonyl (C=O) groups excluding carboxylic acids is 1. The SMILES string of the molecule is CN(C)C(=O)c1cc(N(C)C(C)(C)CO)ccn1. The molecular weight excluding hydrogens is 230 g/mol. The van der Waals surface area contributed by atoms with Gasteiger partial charge in [-0.25, -0.2) is 0 Å². The molecule has 0 aliphatic heterocycles. The van der Waals surface area contributed by atoms with E-state index in [4.69, 9.17) is 0 Å². The van der Waals surface area contributed by atoms with Gasteiger partial charge in [0, 0.05) is 33.0 Å². The standard InChI is InChI=1S/C13H21N3O2/c1-13(2,9-17)16(5)10-6-7-14-11(8-10)12(18)15(3)4/h6-8,17H,9H2,1-5H3. The summed E-state index contributed by atoms with van der Waals surface area (Å²) in [6.45, 7) is 3.89. The number of aliphatic hydroxyl groups is 1. The Kier molecular flexibility index (Phi) is 4.29. The van der Waals surface area contributed by atoms with E-state index in [2.05, 4.69) is 4.98 Å². The first kappa shape index (κ1) is 14.4. The van der Waals surface area contributed by atoms with Crippen molar-refractivity contribution in [2.24, 2.45) is 0 Å². The lowest BCUT2D eigenvalue weighted by Gasteiger charge is -2.35. The lowest BCUT2D eigenvalue weighted by Crippen LogP contribution is -2.44. The first-order valence-corrected chi connectivity index (χ1v) is 5.82. The van der Waals surface area contributed by atoms with Crippen molar-refractivity contribution >= 4 is 11.6 Å². The van der Waals surface area contributed by atoms with Crippen LogP contribution in [0.3, 0.4) is 0 Å². The normalized spacial score (nSPS) is 11.2. The molecule has 0 bridgehead atoms. The molecule has 0 saturated carbocycles. The van der Waals surface area contributed by atoms with Crippen molar-refractivity contribution in [2.75, 3.05) is 32.6 Å². The number of hydrogen-bond acceptors (Lipinski definition) is 4. The fraction of sp³-hybridized carbons (Fsp3) is 0.538. The number of rotatable bonds is 4. The Hall–Kier alpha value is -1.62. The number of carbonyl (C=O) groups is 1. The highest BCUT2D eigenvalue weighted by atomic mass is 16.3. The number of amides is 1. The average Bonchev–Trinajstić information content (AvgIpc) is 2.36. The minimum atomic E-state index is -0.389. The molecule has 0 spiro atoms. The third-order valence-corrected chi connectivity index (χ3v) is 3.05. The summed E-state index contributed by atoms with van der Waals surface area (Å²) in [7, 11) is 5.27. The summed E-state index contributed by atoms with van der Waals surface area (Å²) in [6.07, 6.45) is 1.61. The smallest absolute Gasteiger partial charge is 0.272 e. The second-order valence-electron chi connectivity index (χ2n) is 5.13. The van der Waals surface area contributed by atoms with Crippen molar-refractivity contribution in [2.45, 2.75) is 19.4 Å². The van der Waals surface area contributed by atoms with Gasteiger partial charge in [0.25, 0.3) is 5.91 Å². The second-order valence-corrected chi connectivity index (χ2v) is 5.13. The Morgan fingerprint density at radius 3 is 2.50 bits per heavy atom. The summed E-state index contributed by atoms with van der Waals surface area (Å²) < 4.78 is 0. The van der Waals surface area contributed by atoms with Crippen LogP contribution in [-0.2, 0) is 0 Å². The molecule has 100 valence electrons. The maximum Gasteiger partial charge on any atom is 0.272 e. The van der Waals surface area contributed by atoms with E-state index in [1.807, 2.05) is 31.9 Å². The molecule has 5 nitrogen and oxygen atoms in total. The first-order valence-electron chi connectivity index (χ1n) is 5.82. The van der Waals surface area contributed by atoms with Crippen LogP contribution in [0.25, 0.3) is 0 Å². The van der Waals surface area contributed by atoms with Crippen molar-refractivity contribution in [1.29, 1.82) is 0 Å². The number of likely N-dealkylation sites (N-methyl/N-ethyl adjacent to an activating group) is 1. The van der Waals surface area contributed by atoms with E-state index in [9.17, 15) is 9.90 Å². The molecule has 0 aliphatic rings. The van der Waals surface area contributed by atoms with Gasteiger partial charge in [-0.3, -0.25) is 9.78 Å². The van der Waals surface area contributed by atoms with Crippen molar-refractivity contribution in [3.05, 3.63) is 24.0 Å². The number of hydrogen-bond donors (Lipinski definition) is 1. The van der Waals surface area contributed by atoms with Gasteiger partial charge >= 0.3 is 0 Å². The Balaban J connectivity index is 3.06. The van der Waals surface area contributed by atoms with E-state index in [1.54, 1.807) is 26.4 Å². The Morgan fingerprint density at radius 2 is 2.00 bits per heavy atom. The van der Waals surface area contributed by atoms with E-state index in [0.29, 0.717) is 5.69 Å². The zero-order chi connectivity index (χ0) is 13.9. The van der Waals surface area contributed by atoms with Gasteiger partial charge in [-0.2, -0.15) is 0 Å². The van der Waals surface area contributed by atoms with Gasteiger partial charge in [0.15, 0.2) is 0 Å². The maximum absolute atomic E-state index is 11.8. The summed E-state index contributed by atoms with van der Waals surface area (Å²) in [5, 5.41) is 9.36. The van der Waals surface area contributed by atoms with Crippen LogP contribution in [0, 0.1) is 0 Å². The topological polar surface area (TPSA) is 56.7 Å². The van der Waals surface area contributed by atoms with Crippen LogP contribution in [0.1, 0.15) is 24.3 Å². The molecule has 0 aliphatic carbocycles. The molecule has 5 heteroatoms. The number of nitrogens with zero attached hydrogens (tertiary/aromatic N) is 3. The van der Waals surface area contributed by atoms with Crippen molar-refractivity contribution < 1.29 is 9.90 Å². The van der Waals surface area contributed by atoms with Crippen LogP contribution in [0.2, 0.25) is 0 Å². The highest BCUT2D eigenvalue weighted by Crippen LogP contribution is 2.22. The molecule has 0 aromatic carbocycles. The van der Waals surface area contributed by atoms with Crippen LogP contribution < -0.4 is 4.90 Å². The predicted octanol–water partition coefficient (Wildman–Crippen LogP) is 0.990. The Morgan fingerprint density at radius 1 is 1.39 bits per heavy atom. The molecule has 18 heavy (non-hydrogen) atoms. The fourth-order valence-electron chi connectivity index (χ4n) is 1.43. The third-order valence-electron chi connectivity index (χ3n) is 3.05. The summed E-state index contributed by atoms with van der Waals surface area (Å²) >= 11 is 0. The monoisotopic (exact) mass is 251 g/mol. The third kappa shape index (κ3) is 2.98. The molecule has 1 amide bonds. The van der Waals surface area contributed by atoms with E-state index >= 15 is 0 Å². The van der Waals surface area contributed by atoms with E-state index in [0.717, 1.165) is 5.69 Å². The highest BCUT2D eigenvalue weighted by Gasteiger charge is 2.23. The number of aromatic nitrogens is 1. The van der Waals surface area contributed by atoms with Crippen molar-refractivity contribution in [3.8, 4) is 0 Å². The molecule has 0 saturated heterocycles. The molecular formula is C13H21N3O2. The van der Waals surface area contributed by atoms with Crippen molar-refractivity contribution in [1.82, 2.24) is 9.88 Å². The Bertz CT molecular complexity index is 430. The fourth-order valence-corrected chi connectivity index (χ4v) is 1.43. The second kappa shape index (κ2) is 5.35. The van der Waals surface area contributed by atoms with Crippen LogP contribution in [0.5, 0.6) is 0 Å². The van der Waals surface area contributed by atoms with Crippen LogP contribution in [0.4, 0.5) is 5.69 Å². The van der Waals surface area contributed by atoms with Gasteiger partial charge in [0.05, 0.1) is 12.1 Å². The molecule has 1 N–H and O–H groups in total. The summed E-state index contributed by atoms with van der Waals surface area (Å²) in [4.78, 5) is 19.3. The number of aliphatic hydroxyl groups excluding tert-OH is 1. The minimum Gasteiger partial charge on any atom is -0.394 e. The van der Waals surface area contributed by atoms with Gasteiger partial charge in [-0.15, -0.1) is 0 Å². The number of anilines is 1. The molecule has 1 aromatic rings. The number of pyridine rings is 1. The molecule has 1 aromatic heterocycles. The zero-order valence-corrected chi connectivity index (χ0v) is 11.6. The van der Waals surface area contributed by atoms with Gasteiger partial charge in [0.2, 0.25) is 0 Å². The van der Waals surface area contributed by atoms with Crippen LogP contribution >= 0.6 is 0 Å². The molecule has 0 fully saturated rings. The maximum atomic E-state index is 11.8. The van der Waals surface area contributed by atoms with E-state index in [-0.39, 0.29) is 18.1 Å². The molecule has 1 heterocycles. The highest BCUT2D eigenvalue weighted by molar-refractivity contribution is 5.92. The summed E-state index contributed by atoms with van der Waals surface area (Å²) in [6, 6.07) is 3.56. The van der Waals surface area contributed by atoms with Gasteiger partial charge < -0.3 is 14.9 Å². The minimum absolute atomic E-state index is 0.0305. The van der Waals surface area contributed by atoms with E-state index in [1.165, 1.54) is 4.90 Å². The van der Waals surface area contributed by atoms with Crippen LogP contribution in [0.15, 0.2) is 18.3 Å². The molecule has 0 atom stereocenters. The lowest BCUT2D eigenvalue weighted by atomic mass is 10.0. The van der Waals surface area contributed by atoms with Gasteiger partial charge in [-0.1, -0.05) is 0 Å². The lowest BCUT2D eigenvalue weighted by molar-refractivity contribution is 0.0822. The summed E-state index contributed by atoms with van der Waals surface area (Å²) in [5.74, 6) is -0.132. The molecule has 1 rings (SSSR count). The zero-order valence-electron chi connectivity index (χ0n) is 11.6.